The van der Waals surface area contributed by atoms with Crippen molar-refractivity contribution in [2.45, 2.75) is 31.3 Å². The fourth-order valence-corrected chi connectivity index (χ4v) is 2.42. The number of hydrogen-bond acceptors (Lipinski definition) is 4. The first-order valence-electron chi connectivity index (χ1n) is 6.98. The zero-order chi connectivity index (χ0) is 15.3. The van der Waals surface area contributed by atoms with E-state index in [1.165, 1.54) is 7.11 Å². The number of aliphatic hydroxyl groups is 1. The predicted molar refractivity (Wildman–Crippen MR) is 78.1 cm³/mol. The molecule has 0 spiro atoms. The molecular formula is C15H20N2O4. The molecule has 0 aromatic heterocycles. The minimum Gasteiger partial charge on any atom is -0.497 e. The maximum absolute atomic E-state index is 11.8. The van der Waals surface area contributed by atoms with E-state index in [2.05, 4.69) is 10.6 Å². The third kappa shape index (κ3) is 4.19. The third-order valence-electron chi connectivity index (χ3n) is 3.65. The summed E-state index contributed by atoms with van der Waals surface area (Å²) >= 11 is 0. The third-order valence-corrected chi connectivity index (χ3v) is 3.65. The fraction of sp³-hybridized carbons (Fsp3) is 0.467. The molecule has 0 saturated heterocycles. The van der Waals surface area contributed by atoms with E-state index in [1.807, 2.05) is 0 Å². The van der Waals surface area contributed by atoms with Gasteiger partial charge in [0.2, 0.25) is 0 Å². The van der Waals surface area contributed by atoms with Crippen LogP contribution in [0.1, 0.15) is 25.7 Å². The van der Waals surface area contributed by atoms with Gasteiger partial charge in [0.05, 0.1) is 12.7 Å². The van der Waals surface area contributed by atoms with E-state index in [1.54, 1.807) is 24.3 Å². The molecular weight excluding hydrogens is 272 g/mol. The SMILES string of the molecule is COc1cccc(NC(=O)C(=O)NCC2(O)CCCC2)c1. The zero-order valence-electron chi connectivity index (χ0n) is 12.0. The molecule has 2 amide bonds. The van der Waals surface area contributed by atoms with E-state index < -0.39 is 17.4 Å². The Morgan fingerprint density at radius 3 is 2.67 bits per heavy atom. The van der Waals surface area contributed by atoms with Crippen molar-refractivity contribution in [1.29, 1.82) is 0 Å². The van der Waals surface area contributed by atoms with E-state index in [-0.39, 0.29) is 6.54 Å². The normalized spacial score (nSPS) is 16.3. The minimum absolute atomic E-state index is 0.108. The van der Waals surface area contributed by atoms with Crippen LogP contribution in [0.4, 0.5) is 5.69 Å². The highest BCUT2D eigenvalue weighted by Crippen LogP contribution is 2.28. The molecule has 6 heteroatoms. The van der Waals surface area contributed by atoms with Crippen LogP contribution in [-0.2, 0) is 9.59 Å². The lowest BCUT2D eigenvalue weighted by atomic mass is 10.0. The Morgan fingerprint density at radius 1 is 1.29 bits per heavy atom. The first-order chi connectivity index (χ1) is 10.0. The van der Waals surface area contributed by atoms with Gasteiger partial charge in [-0.05, 0) is 25.0 Å². The van der Waals surface area contributed by atoms with Crippen LogP contribution in [0.15, 0.2) is 24.3 Å². The summed E-state index contributed by atoms with van der Waals surface area (Å²) in [5.74, 6) is -0.920. The zero-order valence-corrected chi connectivity index (χ0v) is 12.0. The Morgan fingerprint density at radius 2 is 2.00 bits per heavy atom. The Balaban J connectivity index is 1.86. The summed E-state index contributed by atoms with van der Waals surface area (Å²) in [7, 11) is 1.52. The fourth-order valence-electron chi connectivity index (χ4n) is 2.42. The van der Waals surface area contributed by atoms with Gasteiger partial charge in [0, 0.05) is 18.3 Å². The highest BCUT2D eigenvalue weighted by Gasteiger charge is 2.32. The molecule has 21 heavy (non-hydrogen) atoms. The molecule has 6 nitrogen and oxygen atoms in total. The van der Waals surface area contributed by atoms with Crippen molar-refractivity contribution >= 4 is 17.5 Å². The average molecular weight is 292 g/mol. The number of amides is 2. The lowest BCUT2D eigenvalue weighted by Crippen LogP contribution is -2.44. The number of carbonyl (C=O) groups is 2. The van der Waals surface area contributed by atoms with E-state index >= 15 is 0 Å². The van der Waals surface area contributed by atoms with Gasteiger partial charge in [-0.1, -0.05) is 18.9 Å². The number of rotatable bonds is 4. The molecule has 1 aromatic rings. The number of anilines is 1. The summed E-state index contributed by atoms with van der Waals surface area (Å²) in [5, 5.41) is 15.1. The molecule has 0 unspecified atom stereocenters. The second-order valence-corrected chi connectivity index (χ2v) is 5.30. The van der Waals surface area contributed by atoms with Crippen molar-refractivity contribution in [2.24, 2.45) is 0 Å². The van der Waals surface area contributed by atoms with Crippen molar-refractivity contribution in [1.82, 2.24) is 5.32 Å². The maximum Gasteiger partial charge on any atom is 0.313 e. The molecule has 0 radical (unpaired) electrons. The summed E-state index contributed by atoms with van der Waals surface area (Å²) < 4.78 is 5.04. The molecule has 1 aliphatic rings. The largest absolute Gasteiger partial charge is 0.497 e. The van der Waals surface area contributed by atoms with Gasteiger partial charge in [-0.25, -0.2) is 0 Å². The lowest BCUT2D eigenvalue weighted by molar-refractivity contribution is -0.136. The van der Waals surface area contributed by atoms with Gasteiger partial charge < -0.3 is 20.5 Å². The van der Waals surface area contributed by atoms with Crippen LogP contribution in [0.5, 0.6) is 5.75 Å². The summed E-state index contributed by atoms with van der Waals surface area (Å²) in [6, 6.07) is 6.74. The second kappa shape index (κ2) is 6.58. The molecule has 0 aliphatic heterocycles. The highest BCUT2D eigenvalue weighted by molar-refractivity contribution is 6.39. The standard InChI is InChI=1S/C15H20N2O4/c1-21-12-6-4-5-11(9-12)17-14(19)13(18)16-10-15(20)7-2-3-8-15/h4-6,9,20H,2-3,7-8,10H2,1H3,(H,16,18)(H,17,19). The first-order valence-corrected chi connectivity index (χ1v) is 6.98. The average Bonchev–Trinajstić information content (AvgIpc) is 2.92. The van der Waals surface area contributed by atoms with E-state index in [0.717, 1.165) is 12.8 Å². The first kappa shape index (κ1) is 15.3. The monoisotopic (exact) mass is 292 g/mol. The minimum atomic E-state index is -0.869. The molecule has 2 rings (SSSR count). The molecule has 1 saturated carbocycles. The van der Waals surface area contributed by atoms with Gasteiger partial charge in [-0.15, -0.1) is 0 Å². The van der Waals surface area contributed by atoms with Crippen molar-refractivity contribution in [3.8, 4) is 5.75 Å². The Hall–Kier alpha value is -2.08. The Kier molecular flexibility index (Phi) is 4.80. The van der Waals surface area contributed by atoms with Crippen molar-refractivity contribution in [3.05, 3.63) is 24.3 Å². The van der Waals surface area contributed by atoms with E-state index in [4.69, 9.17) is 4.74 Å². The lowest BCUT2D eigenvalue weighted by Gasteiger charge is -2.22. The summed E-state index contributed by atoms with van der Waals surface area (Å²) in [6.45, 7) is 0.108. The van der Waals surface area contributed by atoms with Crippen molar-refractivity contribution in [2.75, 3.05) is 19.0 Å². The summed E-state index contributed by atoms with van der Waals surface area (Å²) in [5.41, 5.74) is -0.389. The Labute approximate surface area is 123 Å². The number of ether oxygens (including phenoxy) is 1. The van der Waals surface area contributed by atoms with Crippen LogP contribution >= 0.6 is 0 Å². The summed E-state index contributed by atoms with van der Waals surface area (Å²) in [6.07, 6.45) is 3.21. The van der Waals surface area contributed by atoms with Crippen LogP contribution < -0.4 is 15.4 Å². The number of benzene rings is 1. The van der Waals surface area contributed by atoms with Gasteiger partial charge in [0.15, 0.2) is 0 Å². The van der Waals surface area contributed by atoms with Gasteiger partial charge >= 0.3 is 11.8 Å². The molecule has 114 valence electrons. The molecule has 0 bridgehead atoms. The van der Waals surface area contributed by atoms with Gasteiger partial charge in [-0.2, -0.15) is 0 Å². The van der Waals surface area contributed by atoms with Crippen LogP contribution in [0, 0.1) is 0 Å². The van der Waals surface area contributed by atoms with Crippen molar-refractivity contribution < 1.29 is 19.4 Å². The molecule has 3 N–H and O–H groups in total. The smallest absolute Gasteiger partial charge is 0.313 e. The van der Waals surface area contributed by atoms with Gasteiger partial charge in [-0.3, -0.25) is 9.59 Å². The van der Waals surface area contributed by atoms with Crippen LogP contribution in [0.25, 0.3) is 0 Å². The number of nitrogens with one attached hydrogen (secondary N) is 2. The second-order valence-electron chi connectivity index (χ2n) is 5.30. The molecule has 0 atom stereocenters. The van der Waals surface area contributed by atoms with Crippen molar-refractivity contribution in [3.63, 3.8) is 0 Å². The topological polar surface area (TPSA) is 87.7 Å². The molecule has 1 aromatic carbocycles. The number of hydrogen-bond donors (Lipinski definition) is 3. The van der Waals surface area contributed by atoms with E-state index in [9.17, 15) is 14.7 Å². The molecule has 1 aliphatic carbocycles. The van der Waals surface area contributed by atoms with Gasteiger partial charge in [0.25, 0.3) is 0 Å². The van der Waals surface area contributed by atoms with Crippen LogP contribution in [-0.4, -0.2) is 36.2 Å². The van der Waals surface area contributed by atoms with Crippen LogP contribution in [0.3, 0.4) is 0 Å². The quantitative estimate of drug-likeness (QED) is 0.724. The predicted octanol–water partition coefficient (Wildman–Crippen LogP) is 1.05. The highest BCUT2D eigenvalue weighted by atomic mass is 16.5. The van der Waals surface area contributed by atoms with Crippen LogP contribution in [0.2, 0.25) is 0 Å². The van der Waals surface area contributed by atoms with Gasteiger partial charge in [0.1, 0.15) is 5.75 Å². The Bertz CT molecular complexity index is 524. The van der Waals surface area contributed by atoms with E-state index in [0.29, 0.717) is 24.3 Å². The number of methoxy groups -OCH3 is 1. The molecule has 1 fully saturated rings. The molecule has 0 heterocycles. The maximum atomic E-state index is 11.8. The summed E-state index contributed by atoms with van der Waals surface area (Å²) in [4.78, 5) is 23.5. The number of carbonyl (C=O) groups excluding carboxylic acids is 2.